The number of aliphatic hydroxyl groups is 1. The van der Waals surface area contributed by atoms with Gasteiger partial charge in [0.15, 0.2) is 0 Å². The molecule has 0 spiro atoms. The lowest BCUT2D eigenvalue weighted by atomic mass is 9.41. The molecule has 0 aromatic rings. The standard InChI is InChI=1S/C30H53NO2/c1-8-21-25-17-19(4)13-15-30(25,7)24-14-16-29(6)22(10-11-23(29)27(24)28(21)33)20(5)9-12-26(32)31-18(2)3/h18-25,27-28,33H,8-17H2,1-7H3,(H,31,32)/t19-,20-,21-,22-,23+,24+,25+,27+,28-,29-,30-/m0/s1. The summed E-state index contributed by atoms with van der Waals surface area (Å²) in [5.41, 5.74) is 0.761. The van der Waals surface area contributed by atoms with Crippen molar-refractivity contribution in [1.29, 1.82) is 0 Å². The third-order valence-electron chi connectivity index (χ3n) is 11.7. The van der Waals surface area contributed by atoms with Gasteiger partial charge in [0.1, 0.15) is 0 Å². The van der Waals surface area contributed by atoms with Crippen LogP contribution in [0.5, 0.6) is 0 Å². The van der Waals surface area contributed by atoms with Crippen molar-refractivity contribution in [2.24, 2.45) is 58.2 Å². The number of carbonyl (C=O) groups is 1. The number of hydrogen-bond acceptors (Lipinski definition) is 2. The second-order valence-electron chi connectivity index (χ2n) is 13.8. The summed E-state index contributed by atoms with van der Waals surface area (Å²) in [7, 11) is 0. The molecule has 0 heterocycles. The first-order chi connectivity index (χ1) is 15.5. The van der Waals surface area contributed by atoms with Crippen molar-refractivity contribution in [3.63, 3.8) is 0 Å². The Morgan fingerprint density at radius 2 is 1.67 bits per heavy atom. The van der Waals surface area contributed by atoms with Gasteiger partial charge in [-0.2, -0.15) is 0 Å². The van der Waals surface area contributed by atoms with Crippen molar-refractivity contribution in [3.05, 3.63) is 0 Å². The smallest absolute Gasteiger partial charge is 0.220 e. The fourth-order valence-electron chi connectivity index (χ4n) is 10.1. The molecule has 3 nitrogen and oxygen atoms in total. The molecule has 0 aromatic carbocycles. The Balaban J connectivity index is 1.53. The van der Waals surface area contributed by atoms with E-state index in [1.54, 1.807) is 0 Å². The minimum atomic E-state index is -0.112. The van der Waals surface area contributed by atoms with Crippen LogP contribution in [-0.4, -0.2) is 23.2 Å². The Morgan fingerprint density at radius 1 is 1.00 bits per heavy atom. The third kappa shape index (κ3) is 4.31. The molecule has 11 atom stereocenters. The third-order valence-corrected chi connectivity index (χ3v) is 11.7. The van der Waals surface area contributed by atoms with Crippen LogP contribution in [0.1, 0.15) is 113 Å². The second-order valence-corrected chi connectivity index (χ2v) is 13.8. The molecule has 190 valence electrons. The zero-order valence-corrected chi connectivity index (χ0v) is 22.7. The van der Waals surface area contributed by atoms with Crippen molar-refractivity contribution in [2.45, 2.75) is 125 Å². The number of rotatable bonds is 6. The fourth-order valence-corrected chi connectivity index (χ4v) is 10.1. The highest BCUT2D eigenvalue weighted by atomic mass is 16.3. The van der Waals surface area contributed by atoms with E-state index in [0.29, 0.717) is 58.7 Å². The zero-order chi connectivity index (χ0) is 24.1. The van der Waals surface area contributed by atoms with Gasteiger partial charge < -0.3 is 10.4 Å². The van der Waals surface area contributed by atoms with Gasteiger partial charge in [-0.1, -0.05) is 47.5 Å². The van der Waals surface area contributed by atoms with E-state index in [0.717, 1.165) is 18.8 Å². The number of carbonyl (C=O) groups excluding carboxylic acids is 1. The van der Waals surface area contributed by atoms with E-state index in [4.69, 9.17) is 0 Å². The van der Waals surface area contributed by atoms with Crippen LogP contribution in [0, 0.1) is 58.2 Å². The molecular formula is C30H53NO2. The van der Waals surface area contributed by atoms with Crippen molar-refractivity contribution in [3.8, 4) is 0 Å². The summed E-state index contributed by atoms with van der Waals surface area (Å²) in [6.45, 7) is 16.4. The Hall–Kier alpha value is -0.570. The van der Waals surface area contributed by atoms with Crippen molar-refractivity contribution in [2.75, 3.05) is 0 Å². The summed E-state index contributed by atoms with van der Waals surface area (Å²) in [5.74, 6) is 5.35. The molecule has 4 saturated carbocycles. The molecule has 33 heavy (non-hydrogen) atoms. The molecule has 2 N–H and O–H groups in total. The summed E-state index contributed by atoms with van der Waals surface area (Å²) >= 11 is 0. The Morgan fingerprint density at radius 3 is 2.33 bits per heavy atom. The van der Waals surface area contributed by atoms with E-state index in [9.17, 15) is 9.90 Å². The monoisotopic (exact) mass is 459 g/mol. The molecule has 1 amide bonds. The maximum atomic E-state index is 12.3. The van der Waals surface area contributed by atoms with Crippen molar-refractivity contribution >= 4 is 5.91 Å². The van der Waals surface area contributed by atoms with Gasteiger partial charge in [0.25, 0.3) is 0 Å². The van der Waals surface area contributed by atoms with E-state index < -0.39 is 0 Å². The van der Waals surface area contributed by atoms with E-state index in [-0.39, 0.29) is 18.1 Å². The average Bonchev–Trinajstić information content (AvgIpc) is 3.10. The summed E-state index contributed by atoms with van der Waals surface area (Å²) in [6.07, 6.45) is 12.0. The van der Waals surface area contributed by atoms with E-state index >= 15 is 0 Å². The number of nitrogens with one attached hydrogen (secondary N) is 1. The Kier molecular flexibility index (Phi) is 7.33. The average molecular weight is 460 g/mol. The van der Waals surface area contributed by atoms with Crippen LogP contribution in [0.25, 0.3) is 0 Å². The predicted octanol–water partition coefficient (Wildman–Crippen LogP) is 6.83. The zero-order valence-electron chi connectivity index (χ0n) is 22.7. The van der Waals surface area contributed by atoms with Gasteiger partial charge >= 0.3 is 0 Å². The van der Waals surface area contributed by atoms with Gasteiger partial charge in [-0.05, 0) is 117 Å². The van der Waals surface area contributed by atoms with Crippen LogP contribution in [-0.2, 0) is 4.79 Å². The molecule has 0 bridgehead atoms. The molecule has 0 radical (unpaired) electrons. The molecule has 4 aliphatic carbocycles. The van der Waals surface area contributed by atoms with Crippen LogP contribution >= 0.6 is 0 Å². The fraction of sp³-hybridized carbons (Fsp3) is 0.967. The van der Waals surface area contributed by atoms with Crippen LogP contribution in [0.2, 0.25) is 0 Å². The van der Waals surface area contributed by atoms with Crippen LogP contribution in [0.3, 0.4) is 0 Å². The van der Waals surface area contributed by atoms with Gasteiger partial charge in [0.05, 0.1) is 6.10 Å². The molecule has 4 fully saturated rings. The highest BCUT2D eigenvalue weighted by Crippen LogP contribution is 2.69. The highest BCUT2D eigenvalue weighted by molar-refractivity contribution is 5.76. The van der Waals surface area contributed by atoms with Crippen LogP contribution in [0.4, 0.5) is 0 Å². The SMILES string of the molecule is CC[C@@H]1[C@H](O)[C@H]2[C@@H](CC[C@]3(C)[C@@H]2CC[C@H]3[C@@H](C)CCC(=O)NC(C)C)[C@]2(C)CC[C@H](C)C[C@H]12. The van der Waals surface area contributed by atoms with Crippen LogP contribution in [0.15, 0.2) is 0 Å². The molecular weight excluding hydrogens is 406 g/mol. The number of hydrogen-bond donors (Lipinski definition) is 2. The number of fused-ring (bicyclic) bond motifs is 5. The molecule has 4 aliphatic rings. The normalized spacial score (nSPS) is 48.0. The predicted molar refractivity (Wildman–Crippen MR) is 137 cm³/mol. The number of aliphatic hydroxyl groups excluding tert-OH is 1. The lowest BCUT2D eigenvalue weighted by Gasteiger charge is -2.65. The van der Waals surface area contributed by atoms with Gasteiger partial charge in [-0.15, -0.1) is 0 Å². The van der Waals surface area contributed by atoms with Crippen molar-refractivity contribution < 1.29 is 9.90 Å². The molecule has 0 aromatic heterocycles. The van der Waals surface area contributed by atoms with Crippen molar-refractivity contribution in [1.82, 2.24) is 5.32 Å². The quantitative estimate of drug-likeness (QED) is 0.457. The molecule has 0 aliphatic heterocycles. The Labute approximate surface area is 204 Å². The maximum Gasteiger partial charge on any atom is 0.220 e. The van der Waals surface area contributed by atoms with Gasteiger partial charge in [-0.25, -0.2) is 0 Å². The minimum absolute atomic E-state index is 0.112. The lowest BCUT2D eigenvalue weighted by molar-refractivity contribution is -0.198. The maximum absolute atomic E-state index is 12.3. The molecule has 0 saturated heterocycles. The minimum Gasteiger partial charge on any atom is -0.393 e. The first kappa shape index (κ1) is 25.5. The summed E-state index contributed by atoms with van der Waals surface area (Å²) < 4.78 is 0. The van der Waals surface area contributed by atoms with E-state index in [1.165, 1.54) is 44.9 Å². The van der Waals surface area contributed by atoms with E-state index in [2.05, 4.69) is 39.9 Å². The largest absolute Gasteiger partial charge is 0.393 e. The molecule has 4 rings (SSSR count). The van der Waals surface area contributed by atoms with Crippen LogP contribution < -0.4 is 5.32 Å². The molecule has 3 heteroatoms. The van der Waals surface area contributed by atoms with Gasteiger partial charge in [0, 0.05) is 12.5 Å². The van der Waals surface area contributed by atoms with E-state index in [1.807, 2.05) is 13.8 Å². The summed E-state index contributed by atoms with van der Waals surface area (Å²) in [5, 5.41) is 15.0. The highest BCUT2D eigenvalue weighted by Gasteiger charge is 2.64. The second kappa shape index (κ2) is 9.47. The first-order valence-electron chi connectivity index (χ1n) is 14.5. The lowest BCUT2D eigenvalue weighted by Crippen LogP contribution is -2.61. The molecule has 0 unspecified atom stereocenters. The summed E-state index contributed by atoms with van der Waals surface area (Å²) in [6, 6.07) is 0.226. The topological polar surface area (TPSA) is 49.3 Å². The van der Waals surface area contributed by atoms with Gasteiger partial charge in [0.2, 0.25) is 5.91 Å². The summed E-state index contributed by atoms with van der Waals surface area (Å²) in [4.78, 5) is 12.3. The first-order valence-corrected chi connectivity index (χ1v) is 14.5. The van der Waals surface area contributed by atoms with Gasteiger partial charge in [-0.3, -0.25) is 4.79 Å². The number of amides is 1. The Bertz CT molecular complexity index is 705.